The van der Waals surface area contributed by atoms with Gasteiger partial charge in [-0.25, -0.2) is 0 Å². The van der Waals surface area contributed by atoms with Crippen molar-refractivity contribution in [2.24, 2.45) is 0 Å². The second kappa shape index (κ2) is 14.4. The van der Waals surface area contributed by atoms with Crippen molar-refractivity contribution in [1.82, 2.24) is 0 Å². The summed E-state index contributed by atoms with van der Waals surface area (Å²) in [4.78, 5) is 2.39. The molecule has 0 amide bonds. The molecule has 0 atom stereocenters. The Bertz CT molecular complexity index is 4130. The Balaban J connectivity index is 1.02. The lowest BCUT2D eigenvalue weighted by molar-refractivity contribution is 0.660. The SMILES string of the molecule is CC1(C)c2ccccc2-c2ccc(N(c3ccc(-c4cccc5c4sc4ccccc45)cc3)c3cccc4c3oc3c(-c5ccccc5-c5ccccc5)c5c(cc34)oc3ccccc35)cc21. The Hall–Kier alpha value is -8.18. The van der Waals surface area contributed by atoms with Crippen LogP contribution in [0.15, 0.2) is 221 Å². The Kier molecular flexibility index (Phi) is 8.20. The molecule has 13 aromatic rings. The highest BCUT2D eigenvalue weighted by Gasteiger charge is 2.36. The van der Waals surface area contributed by atoms with E-state index in [2.05, 4.69) is 225 Å². The van der Waals surface area contributed by atoms with Crippen LogP contribution in [-0.4, -0.2) is 0 Å². The lowest BCUT2D eigenvalue weighted by Gasteiger charge is -2.28. The van der Waals surface area contributed by atoms with E-state index in [9.17, 15) is 0 Å². The van der Waals surface area contributed by atoms with Gasteiger partial charge in [0.25, 0.3) is 0 Å². The molecule has 0 bridgehead atoms. The van der Waals surface area contributed by atoms with Crippen LogP contribution in [0.2, 0.25) is 0 Å². The van der Waals surface area contributed by atoms with Gasteiger partial charge in [0.15, 0.2) is 5.58 Å². The summed E-state index contributed by atoms with van der Waals surface area (Å²) in [5.74, 6) is 0. The van der Waals surface area contributed by atoms with Crippen molar-refractivity contribution < 1.29 is 8.83 Å². The molecular weight excluding hydrogens is 835 g/mol. The van der Waals surface area contributed by atoms with Crippen LogP contribution in [0.4, 0.5) is 17.1 Å². The molecule has 0 N–H and O–H groups in total. The van der Waals surface area contributed by atoms with Crippen LogP contribution in [0.3, 0.4) is 0 Å². The second-order valence-corrected chi connectivity index (χ2v) is 19.4. The molecule has 1 aliphatic rings. The number of hydrogen-bond acceptors (Lipinski definition) is 4. The van der Waals surface area contributed by atoms with Crippen molar-refractivity contribution in [1.29, 1.82) is 0 Å². The number of hydrogen-bond donors (Lipinski definition) is 0. The first kappa shape index (κ1) is 38.1. The van der Waals surface area contributed by atoms with Gasteiger partial charge < -0.3 is 13.7 Å². The number of anilines is 3. The lowest BCUT2D eigenvalue weighted by atomic mass is 9.82. The number of furan rings is 2. The molecule has 0 fully saturated rings. The molecule has 316 valence electrons. The van der Waals surface area contributed by atoms with E-state index >= 15 is 0 Å². The van der Waals surface area contributed by atoms with E-state index in [1.54, 1.807) is 0 Å². The van der Waals surface area contributed by atoms with Crippen LogP contribution in [0.25, 0.3) is 109 Å². The molecule has 10 aromatic carbocycles. The first-order valence-electron chi connectivity index (χ1n) is 23.0. The fourth-order valence-electron chi connectivity index (χ4n) is 11.1. The van der Waals surface area contributed by atoms with Crippen LogP contribution >= 0.6 is 11.3 Å². The normalized spacial score (nSPS) is 13.0. The second-order valence-electron chi connectivity index (χ2n) is 18.3. The van der Waals surface area contributed by atoms with Gasteiger partial charge in [0.05, 0.1) is 5.69 Å². The highest BCUT2D eigenvalue weighted by Crippen LogP contribution is 2.53. The van der Waals surface area contributed by atoms with E-state index in [4.69, 9.17) is 8.83 Å². The monoisotopic (exact) mass is 875 g/mol. The van der Waals surface area contributed by atoms with E-state index in [1.165, 1.54) is 53.6 Å². The van der Waals surface area contributed by atoms with E-state index < -0.39 is 0 Å². The third-order valence-corrected chi connectivity index (χ3v) is 15.5. The van der Waals surface area contributed by atoms with Crippen LogP contribution < -0.4 is 4.90 Å². The summed E-state index contributed by atoms with van der Waals surface area (Å²) in [5, 5.41) is 6.76. The smallest absolute Gasteiger partial charge is 0.159 e. The van der Waals surface area contributed by atoms with Crippen LogP contribution in [0.1, 0.15) is 25.0 Å². The molecule has 14 rings (SSSR count). The first-order chi connectivity index (χ1) is 33.0. The zero-order chi connectivity index (χ0) is 44.4. The van der Waals surface area contributed by atoms with Crippen LogP contribution in [0, 0.1) is 0 Å². The number of nitrogens with zero attached hydrogens (tertiary/aromatic N) is 1. The van der Waals surface area contributed by atoms with E-state index in [0.29, 0.717) is 0 Å². The third kappa shape index (κ3) is 5.63. The number of para-hydroxylation sites is 2. The van der Waals surface area contributed by atoms with Gasteiger partial charge in [-0.15, -0.1) is 11.3 Å². The van der Waals surface area contributed by atoms with Gasteiger partial charge in [-0.05, 0) is 98.6 Å². The van der Waals surface area contributed by atoms with Crippen molar-refractivity contribution in [3.63, 3.8) is 0 Å². The fourth-order valence-corrected chi connectivity index (χ4v) is 12.4. The zero-order valence-electron chi connectivity index (χ0n) is 36.9. The Morgan fingerprint density at radius 3 is 1.91 bits per heavy atom. The van der Waals surface area contributed by atoms with E-state index in [-0.39, 0.29) is 5.41 Å². The Morgan fingerprint density at radius 1 is 0.403 bits per heavy atom. The summed E-state index contributed by atoms with van der Waals surface area (Å²) in [6.07, 6.45) is 0. The predicted octanol–water partition coefficient (Wildman–Crippen LogP) is 18.6. The maximum absolute atomic E-state index is 7.48. The molecule has 0 saturated carbocycles. The standard InChI is InChI=1S/C63H41NO2S/c1-63(2)52-26-11-8-19-44(52)45-35-34-41(36-53(45)63)64(40-32-30-39(31-33-40)43-23-14-25-49-46-20-10-13-29-57(46)67-62(43)49)54-27-15-24-48-51-37-56-58(50-22-9-12-28-55(50)65-56)59(61(51)66-60(48)54)47-21-7-6-18-42(47)38-16-4-3-5-17-38/h3-37H,1-2H3. The maximum Gasteiger partial charge on any atom is 0.159 e. The number of rotatable bonds is 6. The number of thiophene rings is 1. The Labute approximate surface area is 391 Å². The van der Waals surface area contributed by atoms with Crippen LogP contribution in [0.5, 0.6) is 0 Å². The molecule has 0 radical (unpaired) electrons. The number of benzene rings is 10. The highest BCUT2D eigenvalue weighted by molar-refractivity contribution is 7.26. The van der Waals surface area contributed by atoms with Gasteiger partial charge in [0, 0.05) is 64.1 Å². The van der Waals surface area contributed by atoms with Crippen molar-refractivity contribution in [3.05, 3.63) is 223 Å². The molecule has 0 saturated heterocycles. The molecular formula is C63H41NO2S. The average molecular weight is 876 g/mol. The molecule has 67 heavy (non-hydrogen) atoms. The minimum Gasteiger partial charge on any atom is -0.456 e. The summed E-state index contributed by atoms with van der Waals surface area (Å²) in [7, 11) is 0. The molecule has 0 unspecified atom stereocenters. The first-order valence-corrected chi connectivity index (χ1v) is 23.8. The summed E-state index contributed by atoms with van der Waals surface area (Å²) >= 11 is 1.87. The number of fused-ring (bicyclic) bond motifs is 12. The van der Waals surface area contributed by atoms with E-state index in [0.717, 1.165) is 83.2 Å². The lowest BCUT2D eigenvalue weighted by Crippen LogP contribution is -2.16. The average Bonchev–Trinajstić information content (AvgIpc) is 4.12. The van der Waals surface area contributed by atoms with Gasteiger partial charge in [-0.1, -0.05) is 178 Å². The molecule has 0 spiro atoms. The highest BCUT2D eigenvalue weighted by atomic mass is 32.1. The minimum atomic E-state index is -0.177. The van der Waals surface area contributed by atoms with Gasteiger partial charge >= 0.3 is 0 Å². The molecule has 3 aromatic heterocycles. The quantitative estimate of drug-likeness (QED) is 0.167. The zero-order valence-corrected chi connectivity index (χ0v) is 37.7. The van der Waals surface area contributed by atoms with E-state index in [1.807, 2.05) is 17.4 Å². The molecule has 0 aliphatic heterocycles. The largest absolute Gasteiger partial charge is 0.456 e. The molecule has 1 aliphatic carbocycles. The van der Waals surface area contributed by atoms with Crippen molar-refractivity contribution in [3.8, 4) is 44.5 Å². The Morgan fingerprint density at radius 2 is 1.04 bits per heavy atom. The van der Waals surface area contributed by atoms with Gasteiger partial charge in [0.2, 0.25) is 0 Å². The van der Waals surface area contributed by atoms with Crippen molar-refractivity contribution >= 4 is 92.4 Å². The minimum absolute atomic E-state index is 0.177. The predicted molar refractivity (Wildman–Crippen MR) is 282 cm³/mol. The van der Waals surface area contributed by atoms with Gasteiger partial charge in [-0.2, -0.15) is 0 Å². The summed E-state index contributed by atoms with van der Waals surface area (Å²) in [5.41, 5.74) is 18.3. The summed E-state index contributed by atoms with van der Waals surface area (Å²) in [6, 6.07) is 76.9. The summed E-state index contributed by atoms with van der Waals surface area (Å²) < 4.78 is 16.8. The summed E-state index contributed by atoms with van der Waals surface area (Å²) in [6.45, 7) is 4.70. The van der Waals surface area contributed by atoms with Crippen molar-refractivity contribution in [2.75, 3.05) is 4.90 Å². The third-order valence-electron chi connectivity index (χ3n) is 14.3. The fraction of sp³-hybridized carbons (Fsp3) is 0.0476. The van der Waals surface area contributed by atoms with Crippen LogP contribution in [-0.2, 0) is 5.41 Å². The molecule has 3 heterocycles. The van der Waals surface area contributed by atoms with Gasteiger partial charge in [0.1, 0.15) is 16.7 Å². The van der Waals surface area contributed by atoms with Crippen molar-refractivity contribution in [2.45, 2.75) is 19.3 Å². The topological polar surface area (TPSA) is 29.5 Å². The molecule has 3 nitrogen and oxygen atoms in total. The maximum atomic E-state index is 7.48. The molecule has 4 heteroatoms. The van der Waals surface area contributed by atoms with Gasteiger partial charge in [-0.3, -0.25) is 0 Å².